The van der Waals surface area contributed by atoms with E-state index in [0.717, 1.165) is 43.1 Å². The molecule has 4 rings (SSSR count). The molecule has 0 aliphatic carbocycles. The first-order valence-electron chi connectivity index (χ1n) is 8.38. The van der Waals surface area contributed by atoms with Crippen molar-refractivity contribution < 1.29 is 0 Å². The van der Waals surface area contributed by atoms with Crippen molar-refractivity contribution in [1.29, 1.82) is 0 Å². The highest BCUT2D eigenvalue weighted by molar-refractivity contribution is 5.39. The van der Waals surface area contributed by atoms with E-state index in [2.05, 4.69) is 24.5 Å². The number of aromatic nitrogens is 5. The van der Waals surface area contributed by atoms with Gasteiger partial charge < -0.3 is 4.57 Å². The molecule has 1 saturated heterocycles. The van der Waals surface area contributed by atoms with Crippen LogP contribution in [0.2, 0.25) is 0 Å². The van der Waals surface area contributed by atoms with Gasteiger partial charge in [-0.2, -0.15) is 0 Å². The number of rotatable bonds is 3. The van der Waals surface area contributed by atoms with Gasteiger partial charge in [-0.25, -0.2) is 14.5 Å². The molecule has 7 nitrogen and oxygen atoms in total. The third kappa shape index (κ3) is 2.75. The van der Waals surface area contributed by atoms with Crippen LogP contribution in [0.1, 0.15) is 36.0 Å². The van der Waals surface area contributed by atoms with Gasteiger partial charge in [0.05, 0.1) is 5.69 Å². The monoisotopic (exact) mass is 326 g/mol. The van der Waals surface area contributed by atoms with Crippen LogP contribution in [0.4, 0.5) is 0 Å². The smallest absolute Gasteiger partial charge is 0.272 e. The Balaban J connectivity index is 1.54. The highest BCUT2D eigenvalue weighted by Crippen LogP contribution is 2.26. The zero-order valence-electron chi connectivity index (χ0n) is 14.1. The first-order chi connectivity index (χ1) is 11.6. The number of likely N-dealkylation sites (tertiary alicyclic amines) is 1. The molecule has 0 bridgehead atoms. The van der Waals surface area contributed by atoms with Crippen molar-refractivity contribution in [2.45, 2.75) is 32.2 Å². The van der Waals surface area contributed by atoms with E-state index in [1.54, 1.807) is 6.07 Å². The predicted molar refractivity (Wildman–Crippen MR) is 91.0 cm³/mol. The van der Waals surface area contributed by atoms with Crippen LogP contribution in [0.25, 0.3) is 5.65 Å². The Morgan fingerprint density at radius 1 is 1.38 bits per heavy atom. The number of hydrogen-bond acceptors (Lipinski definition) is 4. The molecule has 126 valence electrons. The Kier molecular flexibility index (Phi) is 3.72. The van der Waals surface area contributed by atoms with E-state index < -0.39 is 0 Å². The van der Waals surface area contributed by atoms with E-state index in [9.17, 15) is 4.79 Å². The Morgan fingerprint density at radius 2 is 2.25 bits per heavy atom. The van der Waals surface area contributed by atoms with E-state index in [4.69, 9.17) is 0 Å². The number of H-pyrrole nitrogens is 1. The Bertz CT molecular complexity index is 921. The lowest BCUT2D eigenvalue weighted by Gasteiger charge is -2.32. The van der Waals surface area contributed by atoms with Crippen LogP contribution in [0.15, 0.2) is 29.3 Å². The van der Waals surface area contributed by atoms with Crippen molar-refractivity contribution in [3.05, 3.63) is 52.1 Å². The van der Waals surface area contributed by atoms with E-state index in [1.807, 2.05) is 32.4 Å². The van der Waals surface area contributed by atoms with Gasteiger partial charge in [-0.05, 0) is 26.3 Å². The molecule has 0 aromatic carbocycles. The summed E-state index contributed by atoms with van der Waals surface area (Å²) in [7, 11) is 2.05. The average molecular weight is 326 g/mol. The minimum Gasteiger partial charge on any atom is -0.338 e. The summed E-state index contributed by atoms with van der Waals surface area (Å²) in [5, 5.41) is 3.01. The molecule has 1 aliphatic heterocycles. The molecule has 3 aromatic heterocycles. The van der Waals surface area contributed by atoms with Gasteiger partial charge in [-0.15, -0.1) is 0 Å². The summed E-state index contributed by atoms with van der Waals surface area (Å²) in [4.78, 5) is 23.7. The Hall–Kier alpha value is -2.41. The van der Waals surface area contributed by atoms with Gasteiger partial charge in [0.1, 0.15) is 5.82 Å². The van der Waals surface area contributed by atoms with Crippen molar-refractivity contribution in [1.82, 2.24) is 29.0 Å². The summed E-state index contributed by atoms with van der Waals surface area (Å²) in [5.41, 5.74) is 2.40. The third-order valence-electron chi connectivity index (χ3n) is 4.75. The molecule has 1 fully saturated rings. The van der Waals surface area contributed by atoms with Gasteiger partial charge in [0, 0.05) is 56.3 Å². The molecule has 0 radical (unpaired) electrons. The number of hydrogen-bond donors (Lipinski definition) is 1. The molecule has 24 heavy (non-hydrogen) atoms. The molecular weight excluding hydrogens is 304 g/mol. The fourth-order valence-electron chi connectivity index (χ4n) is 3.65. The highest BCUT2D eigenvalue weighted by atomic mass is 16.1. The second kappa shape index (κ2) is 5.90. The van der Waals surface area contributed by atoms with E-state index >= 15 is 0 Å². The summed E-state index contributed by atoms with van der Waals surface area (Å²) in [5.74, 6) is 1.59. The Labute approximate surface area is 139 Å². The molecule has 0 saturated carbocycles. The number of aromatic amines is 1. The first kappa shape index (κ1) is 15.1. The van der Waals surface area contributed by atoms with Gasteiger partial charge in [-0.3, -0.25) is 14.8 Å². The van der Waals surface area contributed by atoms with Gasteiger partial charge in [0.25, 0.3) is 5.56 Å². The van der Waals surface area contributed by atoms with Crippen LogP contribution in [0.3, 0.4) is 0 Å². The van der Waals surface area contributed by atoms with Crippen molar-refractivity contribution in [2.75, 3.05) is 13.1 Å². The minimum absolute atomic E-state index is 0.0549. The normalized spacial score (nSPS) is 19.2. The first-order valence-corrected chi connectivity index (χ1v) is 8.38. The fraction of sp³-hybridized carbons (Fsp3) is 0.471. The van der Waals surface area contributed by atoms with Gasteiger partial charge in [-0.1, -0.05) is 0 Å². The number of nitrogens with one attached hydrogen (secondary N) is 1. The standard InChI is InChI=1S/C17H22N6O/c1-12-8-15-19-14(9-16(24)23(15)20-12)11-22-6-3-4-13(10-22)17-18-5-7-21(17)2/h5,7-9,13,20H,3-4,6,10-11H2,1-2H3/t13-/m0/s1. The number of imidazole rings is 1. The molecule has 0 unspecified atom stereocenters. The lowest BCUT2D eigenvalue weighted by atomic mass is 9.97. The van der Waals surface area contributed by atoms with Gasteiger partial charge in [0.2, 0.25) is 0 Å². The van der Waals surface area contributed by atoms with Crippen LogP contribution in [0.5, 0.6) is 0 Å². The van der Waals surface area contributed by atoms with Crippen molar-refractivity contribution >= 4 is 5.65 Å². The molecule has 1 aliphatic rings. The van der Waals surface area contributed by atoms with E-state index in [0.29, 0.717) is 18.1 Å². The zero-order chi connectivity index (χ0) is 16.7. The van der Waals surface area contributed by atoms with Gasteiger partial charge in [0.15, 0.2) is 5.65 Å². The summed E-state index contributed by atoms with van der Waals surface area (Å²) < 4.78 is 3.60. The van der Waals surface area contributed by atoms with Crippen molar-refractivity contribution in [2.24, 2.45) is 7.05 Å². The van der Waals surface area contributed by atoms with Crippen LogP contribution in [-0.2, 0) is 13.6 Å². The molecule has 7 heteroatoms. The third-order valence-corrected chi connectivity index (χ3v) is 4.75. The molecule has 0 amide bonds. The second-order valence-electron chi connectivity index (χ2n) is 6.69. The topological polar surface area (TPSA) is 71.2 Å². The molecule has 4 heterocycles. The SMILES string of the molecule is Cc1cc2nc(CN3CCC[C@H](c4nccn4C)C3)cc(=O)n2[nH]1. The maximum atomic E-state index is 12.2. The molecular formula is C17H22N6O. The second-order valence-corrected chi connectivity index (χ2v) is 6.69. The van der Waals surface area contributed by atoms with E-state index in [1.165, 1.54) is 4.52 Å². The molecule has 1 N–H and O–H groups in total. The quantitative estimate of drug-likeness (QED) is 0.791. The lowest BCUT2D eigenvalue weighted by molar-refractivity contribution is 0.193. The van der Waals surface area contributed by atoms with E-state index in [-0.39, 0.29) is 5.56 Å². The maximum Gasteiger partial charge on any atom is 0.272 e. The Morgan fingerprint density at radius 3 is 3.04 bits per heavy atom. The average Bonchev–Trinajstić information content (AvgIpc) is 3.13. The number of nitrogens with zero attached hydrogens (tertiary/aromatic N) is 5. The molecule has 1 atom stereocenters. The fourth-order valence-corrected chi connectivity index (χ4v) is 3.65. The summed E-state index contributed by atoms with van der Waals surface area (Å²) in [6, 6.07) is 3.53. The molecule has 3 aromatic rings. The largest absolute Gasteiger partial charge is 0.338 e. The van der Waals surface area contributed by atoms with Crippen LogP contribution in [0, 0.1) is 6.92 Å². The number of fused-ring (bicyclic) bond motifs is 1. The molecule has 0 spiro atoms. The predicted octanol–water partition coefficient (Wildman–Crippen LogP) is 1.44. The zero-order valence-corrected chi connectivity index (χ0v) is 14.1. The van der Waals surface area contributed by atoms with Gasteiger partial charge >= 0.3 is 0 Å². The number of piperidine rings is 1. The van der Waals surface area contributed by atoms with Crippen LogP contribution < -0.4 is 5.56 Å². The summed E-state index contributed by atoms with van der Waals surface area (Å²) in [6.45, 7) is 4.62. The summed E-state index contributed by atoms with van der Waals surface area (Å²) >= 11 is 0. The van der Waals surface area contributed by atoms with Crippen molar-refractivity contribution in [3.8, 4) is 0 Å². The number of aryl methyl sites for hydroxylation is 2. The summed E-state index contributed by atoms with van der Waals surface area (Å²) in [6.07, 6.45) is 6.16. The maximum absolute atomic E-state index is 12.2. The van der Waals surface area contributed by atoms with Crippen LogP contribution in [-0.4, -0.2) is 42.1 Å². The van der Waals surface area contributed by atoms with Crippen LogP contribution >= 0.6 is 0 Å². The minimum atomic E-state index is -0.0549. The lowest BCUT2D eigenvalue weighted by Crippen LogP contribution is -2.35. The highest BCUT2D eigenvalue weighted by Gasteiger charge is 2.24. The van der Waals surface area contributed by atoms with Crippen molar-refractivity contribution in [3.63, 3.8) is 0 Å².